The van der Waals surface area contributed by atoms with Crippen LogP contribution in [-0.2, 0) is 4.74 Å². The van der Waals surface area contributed by atoms with Crippen LogP contribution in [0.4, 0.5) is 0 Å². The molecule has 0 spiro atoms. The number of nitrogens with one attached hydrogen (secondary N) is 1. The van der Waals surface area contributed by atoms with Gasteiger partial charge in [-0.3, -0.25) is 0 Å². The Bertz CT molecular complexity index is 171. The number of hydrogen-bond acceptors (Lipinski definition) is 2. The van der Waals surface area contributed by atoms with Gasteiger partial charge >= 0.3 is 0 Å². The highest BCUT2D eigenvalue weighted by Gasteiger charge is 2.00. The van der Waals surface area contributed by atoms with E-state index in [-0.39, 0.29) is 0 Å². The molecule has 0 radical (unpaired) electrons. The highest BCUT2D eigenvalue weighted by molar-refractivity contribution is 5.24. The molecule has 0 aromatic rings. The fraction of sp³-hybridized carbons (Fsp3) is 0.600. The maximum absolute atomic E-state index is 5.03. The van der Waals surface area contributed by atoms with Crippen LogP contribution in [-0.4, -0.2) is 13.7 Å². The Kier molecular flexibility index (Phi) is 6.25. The Labute approximate surface area is 75.3 Å². The molecule has 0 fully saturated rings. The van der Waals surface area contributed by atoms with Gasteiger partial charge in [-0.1, -0.05) is 26.8 Å². The van der Waals surface area contributed by atoms with Crippen LogP contribution in [0, 0.1) is 0 Å². The van der Waals surface area contributed by atoms with E-state index in [0.29, 0.717) is 0 Å². The predicted molar refractivity (Wildman–Crippen MR) is 52.8 cm³/mol. The number of allylic oxidation sites excluding steroid dienone is 2. The van der Waals surface area contributed by atoms with Gasteiger partial charge in [-0.2, -0.15) is 0 Å². The third-order valence-corrected chi connectivity index (χ3v) is 1.59. The van der Waals surface area contributed by atoms with E-state index < -0.39 is 0 Å². The lowest BCUT2D eigenvalue weighted by Crippen LogP contribution is -2.18. The molecule has 1 rings (SSSR count). The molecule has 0 saturated carbocycles. The average molecular weight is 169 g/mol. The Morgan fingerprint density at radius 1 is 1.50 bits per heavy atom. The van der Waals surface area contributed by atoms with E-state index in [4.69, 9.17) is 4.74 Å². The third kappa shape index (κ3) is 3.46. The first-order chi connectivity index (χ1) is 5.86. The molecule has 2 heteroatoms. The molecule has 0 aromatic heterocycles. The smallest absolute Gasteiger partial charge is 0.186 e. The highest BCUT2D eigenvalue weighted by Crippen LogP contribution is 2.08. The molecule has 0 aliphatic carbocycles. The summed E-state index contributed by atoms with van der Waals surface area (Å²) in [6.07, 6.45) is 5.28. The first-order valence-corrected chi connectivity index (χ1v) is 4.55. The third-order valence-electron chi connectivity index (χ3n) is 1.59. The fourth-order valence-electron chi connectivity index (χ4n) is 0.939. The van der Waals surface area contributed by atoms with Crippen molar-refractivity contribution >= 4 is 0 Å². The van der Waals surface area contributed by atoms with E-state index in [2.05, 4.69) is 18.3 Å². The normalized spacial score (nSPS) is 14.7. The van der Waals surface area contributed by atoms with Gasteiger partial charge in [0.2, 0.25) is 0 Å². The Morgan fingerprint density at radius 3 is 2.67 bits per heavy atom. The van der Waals surface area contributed by atoms with Crippen molar-refractivity contribution in [2.75, 3.05) is 13.7 Å². The molecular weight excluding hydrogens is 150 g/mol. The maximum Gasteiger partial charge on any atom is 0.186 e. The number of hydrogen-bond donors (Lipinski definition) is 1. The zero-order valence-corrected chi connectivity index (χ0v) is 8.48. The van der Waals surface area contributed by atoms with E-state index in [1.165, 1.54) is 5.57 Å². The molecule has 70 valence electrons. The lowest BCUT2D eigenvalue weighted by molar-refractivity contribution is 0.263. The predicted octanol–water partition coefficient (Wildman–Crippen LogP) is 2.44. The SMILES string of the molecule is CC.CCC1=CCNC(OC)=C1. The van der Waals surface area contributed by atoms with Crippen molar-refractivity contribution in [3.05, 3.63) is 23.6 Å². The summed E-state index contributed by atoms with van der Waals surface area (Å²) in [5, 5.41) is 3.10. The van der Waals surface area contributed by atoms with Crippen molar-refractivity contribution < 1.29 is 4.74 Å². The van der Waals surface area contributed by atoms with E-state index in [0.717, 1.165) is 18.8 Å². The number of rotatable bonds is 2. The van der Waals surface area contributed by atoms with Gasteiger partial charge in [-0.25, -0.2) is 0 Å². The average Bonchev–Trinajstić information content (AvgIpc) is 2.21. The molecule has 0 aromatic carbocycles. The topological polar surface area (TPSA) is 21.3 Å². The summed E-state index contributed by atoms with van der Waals surface area (Å²) in [6.45, 7) is 7.03. The van der Waals surface area contributed by atoms with Crippen LogP contribution in [0.15, 0.2) is 23.6 Å². The van der Waals surface area contributed by atoms with Crippen molar-refractivity contribution in [1.82, 2.24) is 5.32 Å². The first-order valence-electron chi connectivity index (χ1n) is 4.55. The Balaban J connectivity index is 0.000000561. The van der Waals surface area contributed by atoms with Crippen molar-refractivity contribution in [1.29, 1.82) is 0 Å². The molecule has 0 saturated heterocycles. The van der Waals surface area contributed by atoms with Crippen LogP contribution >= 0.6 is 0 Å². The van der Waals surface area contributed by atoms with Gasteiger partial charge in [0, 0.05) is 12.6 Å². The van der Waals surface area contributed by atoms with Gasteiger partial charge in [0.15, 0.2) is 5.88 Å². The van der Waals surface area contributed by atoms with Gasteiger partial charge in [0.25, 0.3) is 0 Å². The zero-order valence-electron chi connectivity index (χ0n) is 8.48. The minimum atomic E-state index is 0.874. The molecular formula is C10H19NO. The summed E-state index contributed by atoms with van der Waals surface area (Å²) in [7, 11) is 1.68. The summed E-state index contributed by atoms with van der Waals surface area (Å²) in [4.78, 5) is 0. The second-order valence-corrected chi connectivity index (χ2v) is 2.23. The van der Waals surface area contributed by atoms with Crippen molar-refractivity contribution in [3.63, 3.8) is 0 Å². The number of methoxy groups -OCH3 is 1. The highest BCUT2D eigenvalue weighted by atomic mass is 16.5. The van der Waals surface area contributed by atoms with Gasteiger partial charge in [0.05, 0.1) is 7.11 Å². The minimum absolute atomic E-state index is 0.874. The standard InChI is InChI=1S/C8H13NO.C2H6/c1-3-7-4-5-9-8(6-7)10-2;1-2/h4,6,9H,3,5H2,1-2H3;1-2H3. The molecule has 12 heavy (non-hydrogen) atoms. The fourth-order valence-corrected chi connectivity index (χ4v) is 0.939. The number of ether oxygens (including phenoxy) is 1. The van der Waals surface area contributed by atoms with Crippen LogP contribution in [0.1, 0.15) is 27.2 Å². The molecule has 0 amide bonds. The van der Waals surface area contributed by atoms with Crippen LogP contribution in [0.3, 0.4) is 0 Å². The van der Waals surface area contributed by atoms with E-state index >= 15 is 0 Å². The lowest BCUT2D eigenvalue weighted by Gasteiger charge is -2.13. The summed E-state index contributed by atoms with van der Waals surface area (Å²) in [5.41, 5.74) is 1.34. The minimum Gasteiger partial charge on any atom is -0.483 e. The van der Waals surface area contributed by atoms with Crippen molar-refractivity contribution in [2.45, 2.75) is 27.2 Å². The molecule has 0 atom stereocenters. The van der Waals surface area contributed by atoms with Crippen LogP contribution < -0.4 is 5.32 Å². The van der Waals surface area contributed by atoms with Gasteiger partial charge in [-0.15, -0.1) is 0 Å². The molecule has 1 N–H and O–H groups in total. The molecule has 1 heterocycles. The van der Waals surface area contributed by atoms with Gasteiger partial charge in [-0.05, 0) is 12.0 Å². The van der Waals surface area contributed by atoms with Gasteiger partial charge < -0.3 is 10.1 Å². The Morgan fingerprint density at radius 2 is 2.17 bits per heavy atom. The van der Waals surface area contributed by atoms with Crippen molar-refractivity contribution in [2.24, 2.45) is 0 Å². The maximum atomic E-state index is 5.03. The molecule has 2 nitrogen and oxygen atoms in total. The largest absolute Gasteiger partial charge is 0.483 e. The number of dihydropyridines is 1. The summed E-state index contributed by atoms with van der Waals surface area (Å²) >= 11 is 0. The zero-order chi connectivity index (χ0) is 9.40. The Hall–Kier alpha value is -0.920. The second-order valence-electron chi connectivity index (χ2n) is 2.23. The molecule has 1 aliphatic heterocycles. The van der Waals surface area contributed by atoms with E-state index in [9.17, 15) is 0 Å². The summed E-state index contributed by atoms with van der Waals surface area (Å²) in [6, 6.07) is 0. The first kappa shape index (κ1) is 11.1. The molecule has 0 bridgehead atoms. The van der Waals surface area contributed by atoms with E-state index in [1.807, 2.05) is 19.9 Å². The molecule has 0 unspecified atom stereocenters. The lowest BCUT2D eigenvalue weighted by atomic mass is 10.1. The van der Waals surface area contributed by atoms with Crippen LogP contribution in [0.25, 0.3) is 0 Å². The van der Waals surface area contributed by atoms with Crippen molar-refractivity contribution in [3.8, 4) is 0 Å². The summed E-state index contributed by atoms with van der Waals surface area (Å²) in [5.74, 6) is 0.874. The van der Waals surface area contributed by atoms with Crippen LogP contribution in [0.2, 0.25) is 0 Å². The van der Waals surface area contributed by atoms with Crippen LogP contribution in [0.5, 0.6) is 0 Å². The summed E-state index contributed by atoms with van der Waals surface area (Å²) < 4.78 is 5.03. The molecule has 1 aliphatic rings. The second kappa shape index (κ2) is 6.77. The quantitative estimate of drug-likeness (QED) is 0.685. The van der Waals surface area contributed by atoms with Gasteiger partial charge in [0.1, 0.15) is 0 Å². The monoisotopic (exact) mass is 169 g/mol. The van der Waals surface area contributed by atoms with E-state index in [1.54, 1.807) is 7.11 Å².